The first-order valence-corrected chi connectivity index (χ1v) is 8.55. The van der Waals surface area contributed by atoms with Crippen LogP contribution in [-0.2, 0) is 10.0 Å². The summed E-state index contributed by atoms with van der Waals surface area (Å²) in [6.45, 7) is 1.09. The number of sulfonamides is 1. The SMILES string of the molecule is CN1C2CCC1CN(S(=O)(=O)c1nnc(N)s1)CC2. The average molecular weight is 303 g/mol. The van der Waals surface area contributed by atoms with Gasteiger partial charge in [0.15, 0.2) is 0 Å². The molecule has 3 heterocycles. The van der Waals surface area contributed by atoms with Crippen LogP contribution >= 0.6 is 11.3 Å². The van der Waals surface area contributed by atoms with Gasteiger partial charge < -0.3 is 5.73 Å². The number of rotatable bonds is 2. The van der Waals surface area contributed by atoms with Crippen molar-refractivity contribution < 1.29 is 8.42 Å². The molecule has 2 aliphatic rings. The van der Waals surface area contributed by atoms with Gasteiger partial charge in [0, 0.05) is 25.2 Å². The molecule has 3 rings (SSSR count). The van der Waals surface area contributed by atoms with Crippen LogP contribution in [-0.4, -0.2) is 60.0 Å². The third-order valence-electron chi connectivity index (χ3n) is 4.09. The Morgan fingerprint density at radius 1 is 1.26 bits per heavy atom. The number of hydrogen-bond donors (Lipinski definition) is 1. The molecule has 0 radical (unpaired) electrons. The van der Waals surface area contributed by atoms with Crippen molar-refractivity contribution in [3.63, 3.8) is 0 Å². The Morgan fingerprint density at radius 3 is 2.68 bits per heavy atom. The second-order valence-electron chi connectivity index (χ2n) is 5.11. The number of nitrogens with two attached hydrogens (primary N) is 1. The Balaban J connectivity index is 1.86. The van der Waals surface area contributed by atoms with Gasteiger partial charge >= 0.3 is 0 Å². The van der Waals surface area contributed by atoms with Gasteiger partial charge in [-0.05, 0) is 26.3 Å². The molecule has 0 aromatic carbocycles. The van der Waals surface area contributed by atoms with E-state index < -0.39 is 10.0 Å². The number of fused-ring (bicyclic) bond motifs is 2. The molecule has 1 aromatic rings. The minimum Gasteiger partial charge on any atom is -0.374 e. The summed E-state index contributed by atoms with van der Waals surface area (Å²) in [4.78, 5) is 2.31. The zero-order valence-corrected chi connectivity index (χ0v) is 12.3. The van der Waals surface area contributed by atoms with E-state index in [2.05, 4.69) is 22.1 Å². The molecule has 2 bridgehead atoms. The first-order chi connectivity index (χ1) is 8.98. The molecule has 2 N–H and O–H groups in total. The van der Waals surface area contributed by atoms with Gasteiger partial charge in [0.1, 0.15) is 0 Å². The summed E-state index contributed by atoms with van der Waals surface area (Å²) < 4.78 is 26.5. The first-order valence-electron chi connectivity index (χ1n) is 6.29. The summed E-state index contributed by atoms with van der Waals surface area (Å²) in [6.07, 6.45) is 3.10. The molecule has 0 amide bonds. The third-order valence-corrected chi connectivity index (χ3v) is 7.06. The van der Waals surface area contributed by atoms with Gasteiger partial charge in [-0.2, -0.15) is 4.31 Å². The maximum atomic E-state index is 12.5. The molecule has 19 heavy (non-hydrogen) atoms. The zero-order chi connectivity index (χ0) is 13.6. The summed E-state index contributed by atoms with van der Waals surface area (Å²) in [5.74, 6) is 0. The van der Waals surface area contributed by atoms with E-state index in [1.807, 2.05) is 0 Å². The fourth-order valence-electron chi connectivity index (χ4n) is 2.93. The fourth-order valence-corrected chi connectivity index (χ4v) is 5.35. The molecular weight excluding hydrogens is 286 g/mol. The quantitative estimate of drug-likeness (QED) is 0.825. The van der Waals surface area contributed by atoms with E-state index in [-0.39, 0.29) is 9.47 Å². The smallest absolute Gasteiger partial charge is 0.272 e. The lowest BCUT2D eigenvalue weighted by molar-refractivity contribution is 0.246. The highest BCUT2D eigenvalue weighted by Crippen LogP contribution is 2.31. The van der Waals surface area contributed by atoms with Gasteiger partial charge in [-0.1, -0.05) is 11.3 Å². The molecule has 0 aliphatic carbocycles. The first kappa shape index (κ1) is 13.2. The van der Waals surface area contributed by atoms with Crippen molar-refractivity contribution in [3.05, 3.63) is 0 Å². The Bertz CT molecular complexity index is 572. The lowest BCUT2D eigenvalue weighted by Gasteiger charge is -2.24. The summed E-state index contributed by atoms with van der Waals surface area (Å²) in [7, 11) is -1.45. The molecule has 2 atom stereocenters. The number of anilines is 1. The van der Waals surface area contributed by atoms with Crippen LogP contribution in [0.2, 0.25) is 0 Å². The summed E-state index contributed by atoms with van der Waals surface area (Å²) in [6, 6.07) is 0.817. The van der Waals surface area contributed by atoms with Crippen molar-refractivity contribution >= 4 is 26.5 Å². The predicted octanol–water partition coefficient (Wildman–Crippen LogP) is -0.0225. The van der Waals surface area contributed by atoms with Crippen molar-refractivity contribution in [2.45, 2.75) is 35.7 Å². The molecule has 0 saturated carbocycles. The average Bonchev–Trinajstić information content (AvgIpc) is 2.84. The van der Waals surface area contributed by atoms with Crippen molar-refractivity contribution in [3.8, 4) is 0 Å². The molecule has 106 valence electrons. The van der Waals surface area contributed by atoms with E-state index in [0.29, 0.717) is 25.2 Å². The maximum Gasteiger partial charge on any atom is 0.272 e. The van der Waals surface area contributed by atoms with E-state index in [9.17, 15) is 8.42 Å². The number of nitrogen functional groups attached to an aromatic ring is 1. The highest BCUT2D eigenvalue weighted by Gasteiger charge is 2.39. The minimum absolute atomic E-state index is 0.00502. The van der Waals surface area contributed by atoms with Crippen LogP contribution < -0.4 is 5.73 Å². The highest BCUT2D eigenvalue weighted by molar-refractivity contribution is 7.91. The number of hydrogen-bond acceptors (Lipinski definition) is 7. The molecular formula is C10H17N5O2S2. The van der Waals surface area contributed by atoms with Crippen molar-refractivity contribution in [1.29, 1.82) is 0 Å². The van der Waals surface area contributed by atoms with Crippen LogP contribution in [0.25, 0.3) is 0 Å². The summed E-state index contributed by atoms with van der Waals surface area (Å²) in [5.41, 5.74) is 5.47. The van der Waals surface area contributed by atoms with Crippen LogP contribution in [0.4, 0.5) is 5.13 Å². The Labute approximate surface area is 116 Å². The van der Waals surface area contributed by atoms with Gasteiger partial charge in [0.05, 0.1) is 0 Å². The standard InChI is InChI=1S/C10H17N5O2S2/c1-14-7-2-3-8(14)6-15(5-4-7)19(16,17)10-13-12-9(11)18-10/h7-8H,2-6H2,1H3,(H2,11,12). The lowest BCUT2D eigenvalue weighted by atomic mass is 10.1. The van der Waals surface area contributed by atoms with Crippen LogP contribution in [0, 0.1) is 0 Å². The monoisotopic (exact) mass is 303 g/mol. The number of nitrogens with zero attached hydrogens (tertiary/aromatic N) is 4. The molecule has 2 saturated heterocycles. The van der Waals surface area contributed by atoms with E-state index in [0.717, 1.165) is 24.2 Å². The largest absolute Gasteiger partial charge is 0.374 e. The molecule has 2 aliphatic heterocycles. The van der Waals surface area contributed by atoms with Crippen molar-refractivity contribution in [2.24, 2.45) is 0 Å². The van der Waals surface area contributed by atoms with Gasteiger partial charge in [-0.3, -0.25) is 4.90 Å². The van der Waals surface area contributed by atoms with Crippen LogP contribution in [0.1, 0.15) is 19.3 Å². The van der Waals surface area contributed by atoms with Gasteiger partial charge in [-0.15, -0.1) is 10.2 Å². The van der Waals surface area contributed by atoms with E-state index in [4.69, 9.17) is 5.73 Å². The Kier molecular flexibility index (Phi) is 3.24. The topological polar surface area (TPSA) is 92.4 Å². The van der Waals surface area contributed by atoms with Crippen LogP contribution in [0.15, 0.2) is 4.34 Å². The fraction of sp³-hybridized carbons (Fsp3) is 0.800. The number of aromatic nitrogens is 2. The van der Waals surface area contributed by atoms with Gasteiger partial charge in [0.25, 0.3) is 10.0 Å². The van der Waals surface area contributed by atoms with Gasteiger partial charge in [0.2, 0.25) is 9.47 Å². The summed E-state index contributed by atoms with van der Waals surface area (Å²) in [5, 5.41) is 7.46. The zero-order valence-electron chi connectivity index (χ0n) is 10.7. The lowest BCUT2D eigenvalue weighted by Crippen LogP contribution is -2.39. The highest BCUT2D eigenvalue weighted by atomic mass is 32.2. The molecule has 0 spiro atoms. The van der Waals surface area contributed by atoms with Crippen LogP contribution in [0.5, 0.6) is 0 Å². The minimum atomic E-state index is -3.54. The molecule has 1 aromatic heterocycles. The normalized spacial score (nSPS) is 29.5. The molecule has 2 unspecified atom stereocenters. The molecule has 2 fully saturated rings. The summed E-state index contributed by atoms with van der Waals surface area (Å²) >= 11 is 0.928. The Hall–Kier alpha value is -0.770. The van der Waals surface area contributed by atoms with E-state index >= 15 is 0 Å². The molecule has 7 nitrogen and oxygen atoms in total. The van der Waals surface area contributed by atoms with Crippen molar-refractivity contribution in [2.75, 3.05) is 25.9 Å². The second kappa shape index (κ2) is 4.65. The Morgan fingerprint density at radius 2 is 2.00 bits per heavy atom. The third kappa shape index (κ3) is 2.24. The van der Waals surface area contributed by atoms with Crippen LogP contribution in [0.3, 0.4) is 0 Å². The maximum absolute atomic E-state index is 12.5. The van der Waals surface area contributed by atoms with Crippen molar-refractivity contribution in [1.82, 2.24) is 19.4 Å². The second-order valence-corrected chi connectivity index (χ2v) is 8.23. The van der Waals surface area contributed by atoms with E-state index in [1.165, 1.54) is 10.7 Å². The van der Waals surface area contributed by atoms with Gasteiger partial charge in [-0.25, -0.2) is 8.42 Å². The predicted molar refractivity (Wildman–Crippen MR) is 72.3 cm³/mol. The number of likely N-dealkylation sites (N-methyl/N-ethyl adjacent to an activating group) is 1. The van der Waals surface area contributed by atoms with E-state index in [1.54, 1.807) is 0 Å². The molecule has 9 heteroatoms.